The van der Waals surface area contributed by atoms with E-state index in [1.54, 1.807) is 0 Å². The number of thiol groups is 1. The zero-order valence-corrected chi connectivity index (χ0v) is 12.9. The number of hydrogen-bond donors (Lipinski definition) is 1. The number of rotatable bonds is 1. The molecule has 1 aromatic carbocycles. The fourth-order valence-electron chi connectivity index (χ4n) is 2.82. The van der Waals surface area contributed by atoms with Gasteiger partial charge in [-0.2, -0.15) is 12.6 Å². The van der Waals surface area contributed by atoms with Gasteiger partial charge in [0.2, 0.25) is 0 Å². The summed E-state index contributed by atoms with van der Waals surface area (Å²) in [7, 11) is 2.16. The number of benzene rings is 1. The molecular weight excluding hydrogens is 276 g/mol. The largest absolute Gasteiger partial charge is 0.302 e. The zero-order chi connectivity index (χ0) is 13.6. The molecule has 2 heterocycles. The van der Waals surface area contributed by atoms with Crippen LogP contribution in [0, 0.1) is 6.92 Å². The molecule has 3 rings (SSSR count). The van der Waals surface area contributed by atoms with Crippen molar-refractivity contribution in [2.24, 2.45) is 0 Å². The molecular formula is C15H17ClN2S. The standard InChI is InChI=1S/C15H17ClN2S/c1-9-13(16)4-3-10-12(8-19)11-7-18(2)6-5-14(11)17-15(9)10/h3-4,19H,5-8H2,1-2H3. The zero-order valence-electron chi connectivity index (χ0n) is 11.2. The van der Waals surface area contributed by atoms with E-state index in [1.165, 1.54) is 22.2 Å². The molecule has 1 aliphatic heterocycles. The molecule has 1 aliphatic rings. The van der Waals surface area contributed by atoms with Crippen molar-refractivity contribution in [3.63, 3.8) is 0 Å². The minimum atomic E-state index is 0.746. The molecule has 1 aromatic heterocycles. The summed E-state index contributed by atoms with van der Waals surface area (Å²) in [5.74, 6) is 0.746. The fourth-order valence-corrected chi connectivity index (χ4v) is 3.34. The predicted octanol–water partition coefficient (Wildman–Crippen LogP) is 3.61. The molecule has 100 valence electrons. The van der Waals surface area contributed by atoms with Crippen LogP contribution in [0.1, 0.15) is 22.4 Å². The molecule has 0 unspecified atom stereocenters. The van der Waals surface area contributed by atoms with Gasteiger partial charge in [0, 0.05) is 41.4 Å². The third-order valence-corrected chi connectivity index (χ3v) is 4.69. The summed E-state index contributed by atoms with van der Waals surface area (Å²) in [6.45, 7) is 4.08. The summed E-state index contributed by atoms with van der Waals surface area (Å²) < 4.78 is 0. The Kier molecular flexibility index (Phi) is 3.46. The average Bonchev–Trinajstić information content (AvgIpc) is 2.41. The second-order valence-electron chi connectivity index (χ2n) is 5.23. The van der Waals surface area contributed by atoms with Gasteiger partial charge in [0.25, 0.3) is 0 Å². The Bertz CT molecular complexity index is 654. The highest BCUT2D eigenvalue weighted by Gasteiger charge is 2.20. The Balaban J connectivity index is 2.35. The third kappa shape index (κ3) is 2.14. The van der Waals surface area contributed by atoms with E-state index in [4.69, 9.17) is 16.6 Å². The van der Waals surface area contributed by atoms with Gasteiger partial charge in [-0.25, -0.2) is 0 Å². The normalized spacial score (nSPS) is 15.8. The van der Waals surface area contributed by atoms with Crippen molar-refractivity contribution in [2.45, 2.75) is 25.6 Å². The molecule has 0 radical (unpaired) electrons. The van der Waals surface area contributed by atoms with Gasteiger partial charge in [-0.1, -0.05) is 17.7 Å². The summed E-state index contributed by atoms with van der Waals surface area (Å²) in [5, 5.41) is 1.99. The van der Waals surface area contributed by atoms with Crippen molar-refractivity contribution in [3.8, 4) is 0 Å². The maximum Gasteiger partial charge on any atom is 0.0752 e. The number of aromatic nitrogens is 1. The first-order valence-corrected chi connectivity index (χ1v) is 7.51. The first-order chi connectivity index (χ1) is 9.11. The average molecular weight is 293 g/mol. The van der Waals surface area contributed by atoms with Crippen molar-refractivity contribution in [1.29, 1.82) is 0 Å². The lowest BCUT2D eigenvalue weighted by Crippen LogP contribution is -2.28. The molecule has 0 atom stereocenters. The molecule has 0 saturated heterocycles. The van der Waals surface area contributed by atoms with Gasteiger partial charge >= 0.3 is 0 Å². The van der Waals surface area contributed by atoms with Crippen LogP contribution in [-0.2, 0) is 18.7 Å². The molecule has 4 heteroatoms. The van der Waals surface area contributed by atoms with Crippen molar-refractivity contribution in [3.05, 3.63) is 39.5 Å². The number of halogens is 1. The molecule has 0 bridgehead atoms. The first-order valence-electron chi connectivity index (χ1n) is 6.50. The van der Waals surface area contributed by atoms with E-state index < -0.39 is 0 Å². The van der Waals surface area contributed by atoms with Gasteiger partial charge in [0.1, 0.15) is 0 Å². The molecule has 0 aliphatic carbocycles. The highest BCUT2D eigenvalue weighted by atomic mass is 35.5. The van der Waals surface area contributed by atoms with Gasteiger partial charge in [0.15, 0.2) is 0 Å². The lowest BCUT2D eigenvalue weighted by Gasteiger charge is -2.27. The quantitative estimate of drug-likeness (QED) is 0.808. The van der Waals surface area contributed by atoms with Crippen LogP contribution < -0.4 is 0 Å². The SMILES string of the molecule is Cc1c(Cl)ccc2c(CS)c3c(nc12)CCN(C)C3. The Morgan fingerprint density at radius 2 is 2.21 bits per heavy atom. The van der Waals surface area contributed by atoms with Gasteiger partial charge < -0.3 is 4.90 Å². The van der Waals surface area contributed by atoms with Crippen molar-refractivity contribution in [2.75, 3.05) is 13.6 Å². The Hall–Kier alpha value is -0.770. The molecule has 0 spiro atoms. The number of hydrogen-bond acceptors (Lipinski definition) is 3. The highest BCUT2D eigenvalue weighted by molar-refractivity contribution is 7.79. The van der Waals surface area contributed by atoms with Gasteiger partial charge in [-0.3, -0.25) is 4.98 Å². The summed E-state index contributed by atoms with van der Waals surface area (Å²) >= 11 is 10.8. The van der Waals surface area contributed by atoms with Crippen LogP contribution in [-0.4, -0.2) is 23.5 Å². The van der Waals surface area contributed by atoms with Crippen LogP contribution in [0.5, 0.6) is 0 Å². The first kappa shape index (κ1) is 13.2. The van der Waals surface area contributed by atoms with Gasteiger partial charge in [0.05, 0.1) is 5.52 Å². The molecule has 19 heavy (non-hydrogen) atoms. The summed E-state index contributed by atoms with van der Waals surface area (Å²) in [4.78, 5) is 7.21. The molecule has 0 amide bonds. The molecule has 2 nitrogen and oxygen atoms in total. The van der Waals surface area contributed by atoms with E-state index in [0.29, 0.717) is 0 Å². The number of nitrogens with zero attached hydrogens (tertiary/aromatic N) is 2. The predicted molar refractivity (Wildman–Crippen MR) is 84.2 cm³/mol. The van der Waals surface area contributed by atoms with Crippen LogP contribution >= 0.6 is 24.2 Å². The number of pyridine rings is 1. The van der Waals surface area contributed by atoms with Crippen LogP contribution in [0.25, 0.3) is 10.9 Å². The van der Waals surface area contributed by atoms with Gasteiger partial charge in [-0.05, 0) is 36.7 Å². The van der Waals surface area contributed by atoms with Crippen LogP contribution in [0.2, 0.25) is 5.02 Å². The van der Waals surface area contributed by atoms with E-state index in [2.05, 4.69) is 30.6 Å². The molecule has 0 fully saturated rings. The maximum atomic E-state index is 6.22. The van der Waals surface area contributed by atoms with Crippen molar-refractivity contribution < 1.29 is 0 Å². The summed E-state index contributed by atoms with van der Waals surface area (Å²) in [6, 6.07) is 4.05. The maximum absolute atomic E-state index is 6.22. The Morgan fingerprint density at radius 1 is 1.42 bits per heavy atom. The number of fused-ring (bicyclic) bond motifs is 2. The molecule has 2 aromatic rings. The van der Waals surface area contributed by atoms with Crippen LogP contribution in [0.4, 0.5) is 0 Å². The number of aryl methyl sites for hydroxylation is 1. The third-order valence-electron chi connectivity index (χ3n) is 3.97. The van der Waals surface area contributed by atoms with E-state index in [-0.39, 0.29) is 0 Å². The van der Waals surface area contributed by atoms with Gasteiger partial charge in [-0.15, -0.1) is 0 Å². The second-order valence-corrected chi connectivity index (χ2v) is 5.95. The van der Waals surface area contributed by atoms with E-state index in [9.17, 15) is 0 Å². The summed E-state index contributed by atoms with van der Waals surface area (Å²) in [5.41, 5.74) is 6.01. The Labute approximate surface area is 124 Å². The topological polar surface area (TPSA) is 16.1 Å². The molecule has 0 saturated carbocycles. The lowest BCUT2D eigenvalue weighted by atomic mass is 9.96. The minimum Gasteiger partial charge on any atom is -0.302 e. The van der Waals surface area contributed by atoms with E-state index >= 15 is 0 Å². The smallest absolute Gasteiger partial charge is 0.0752 e. The van der Waals surface area contributed by atoms with Crippen LogP contribution in [0.3, 0.4) is 0 Å². The summed E-state index contributed by atoms with van der Waals surface area (Å²) in [6.07, 6.45) is 1.01. The van der Waals surface area contributed by atoms with Crippen molar-refractivity contribution >= 4 is 35.1 Å². The molecule has 0 N–H and O–H groups in total. The Morgan fingerprint density at radius 3 is 2.95 bits per heavy atom. The van der Waals surface area contributed by atoms with E-state index in [0.717, 1.165) is 41.4 Å². The van der Waals surface area contributed by atoms with E-state index in [1.807, 2.05) is 13.0 Å². The fraction of sp³-hybridized carbons (Fsp3) is 0.400. The van der Waals surface area contributed by atoms with Crippen molar-refractivity contribution in [1.82, 2.24) is 9.88 Å². The second kappa shape index (κ2) is 4.97. The lowest BCUT2D eigenvalue weighted by molar-refractivity contribution is 0.309. The number of likely N-dealkylation sites (N-methyl/N-ethyl adjacent to an activating group) is 1. The van der Waals surface area contributed by atoms with Crippen LogP contribution in [0.15, 0.2) is 12.1 Å². The minimum absolute atomic E-state index is 0.746. The highest BCUT2D eigenvalue weighted by Crippen LogP contribution is 2.32. The monoisotopic (exact) mass is 292 g/mol.